The van der Waals surface area contributed by atoms with E-state index < -0.39 is 0 Å². The summed E-state index contributed by atoms with van der Waals surface area (Å²) in [4.78, 5) is 14.3. The van der Waals surface area contributed by atoms with E-state index in [2.05, 4.69) is 17.2 Å². The van der Waals surface area contributed by atoms with Gasteiger partial charge in [0.05, 0.1) is 0 Å². The highest BCUT2D eigenvalue weighted by Crippen LogP contribution is 2.40. The van der Waals surface area contributed by atoms with Crippen molar-refractivity contribution in [2.24, 2.45) is 5.41 Å². The van der Waals surface area contributed by atoms with Crippen LogP contribution in [0.4, 0.5) is 0 Å². The molecule has 18 heavy (non-hydrogen) atoms. The SMILES string of the molecule is CC1(CNC2CCCc3[nH]c(=O)ccc32)CCC1. The third-order valence-corrected chi connectivity index (χ3v) is 4.67. The molecule has 1 atom stereocenters. The van der Waals surface area contributed by atoms with Gasteiger partial charge in [-0.25, -0.2) is 0 Å². The van der Waals surface area contributed by atoms with Crippen molar-refractivity contribution in [2.75, 3.05) is 6.54 Å². The highest BCUT2D eigenvalue weighted by atomic mass is 16.1. The largest absolute Gasteiger partial charge is 0.326 e. The predicted molar refractivity (Wildman–Crippen MR) is 72.7 cm³/mol. The molecule has 1 aromatic rings. The topological polar surface area (TPSA) is 44.9 Å². The van der Waals surface area contributed by atoms with E-state index in [4.69, 9.17) is 0 Å². The maximum absolute atomic E-state index is 11.3. The molecule has 0 radical (unpaired) electrons. The molecule has 1 fully saturated rings. The Morgan fingerprint density at radius 3 is 2.94 bits per heavy atom. The number of hydrogen-bond donors (Lipinski definition) is 2. The van der Waals surface area contributed by atoms with Gasteiger partial charge in [0.25, 0.3) is 0 Å². The number of H-pyrrole nitrogens is 1. The van der Waals surface area contributed by atoms with Crippen molar-refractivity contribution in [3.8, 4) is 0 Å². The molecule has 0 saturated heterocycles. The number of hydrogen-bond acceptors (Lipinski definition) is 2. The molecule has 3 nitrogen and oxygen atoms in total. The van der Waals surface area contributed by atoms with E-state index in [1.54, 1.807) is 6.07 Å². The first-order valence-electron chi connectivity index (χ1n) is 7.12. The zero-order valence-corrected chi connectivity index (χ0v) is 11.1. The average molecular weight is 246 g/mol. The van der Waals surface area contributed by atoms with Crippen molar-refractivity contribution in [1.82, 2.24) is 10.3 Å². The molecule has 1 unspecified atom stereocenters. The van der Waals surface area contributed by atoms with Crippen molar-refractivity contribution < 1.29 is 0 Å². The van der Waals surface area contributed by atoms with Gasteiger partial charge >= 0.3 is 0 Å². The van der Waals surface area contributed by atoms with Crippen molar-refractivity contribution in [2.45, 2.75) is 51.5 Å². The van der Waals surface area contributed by atoms with Crippen LogP contribution in [-0.2, 0) is 6.42 Å². The minimum atomic E-state index is 0.0281. The Hall–Kier alpha value is -1.09. The predicted octanol–water partition coefficient (Wildman–Crippen LogP) is 2.53. The molecule has 0 aliphatic heterocycles. The minimum absolute atomic E-state index is 0.0281. The van der Waals surface area contributed by atoms with Gasteiger partial charge in [0.2, 0.25) is 5.56 Å². The molecule has 0 spiro atoms. The Morgan fingerprint density at radius 2 is 2.22 bits per heavy atom. The minimum Gasteiger partial charge on any atom is -0.326 e. The molecule has 1 saturated carbocycles. The average Bonchev–Trinajstić information content (AvgIpc) is 2.33. The highest BCUT2D eigenvalue weighted by Gasteiger charge is 2.32. The van der Waals surface area contributed by atoms with Crippen LogP contribution in [0.5, 0.6) is 0 Å². The van der Waals surface area contributed by atoms with Crippen molar-refractivity contribution >= 4 is 0 Å². The second kappa shape index (κ2) is 4.54. The quantitative estimate of drug-likeness (QED) is 0.861. The summed E-state index contributed by atoms with van der Waals surface area (Å²) in [5, 5.41) is 3.72. The van der Waals surface area contributed by atoms with Crippen molar-refractivity contribution in [3.63, 3.8) is 0 Å². The van der Waals surface area contributed by atoms with Gasteiger partial charge in [-0.3, -0.25) is 4.79 Å². The fourth-order valence-electron chi connectivity index (χ4n) is 3.24. The van der Waals surface area contributed by atoms with Crippen LogP contribution >= 0.6 is 0 Å². The number of aromatic amines is 1. The van der Waals surface area contributed by atoms with Crippen LogP contribution in [0, 0.1) is 5.41 Å². The number of fused-ring (bicyclic) bond motifs is 1. The number of aryl methyl sites for hydroxylation is 1. The van der Waals surface area contributed by atoms with Gasteiger partial charge < -0.3 is 10.3 Å². The van der Waals surface area contributed by atoms with Crippen LogP contribution in [0.2, 0.25) is 0 Å². The monoisotopic (exact) mass is 246 g/mol. The lowest BCUT2D eigenvalue weighted by Crippen LogP contribution is -2.39. The van der Waals surface area contributed by atoms with Crippen LogP contribution in [0.1, 0.15) is 56.3 Å². The normalized spacial score (nSPS) is 25.3. The summed E-state index contributed by atoms with van der Waals surface area (Å²) in [5.74, 6) is 0. The summed E-state index contributed by atoms with van der Waals surface area (Å²) in [6.45, 7) is 3.48. The van der Waals surface area contributed by atoms with Crippen LogP contribution in [0.25, 0.3) is 0 Å². The standard InChI is InChI=1S/C15H22N2O/c1-15(8-3-9-15)10-16-12-4-2-5-13-11(12)6-7-14(18)17-13/h6-7,12,16H,2-5,8-10H2,1H3,(H,17,18). The molecule has 3 rings (SSSR count). The number of rotatable bonds is 3. The molecule has 1 aromatic heterocycles. The molecule has 2 N–H and O–H groups in total. The lowest BCUT2D eigenvalue weighted by atomic mass is 9.70. The molecule has 0 aromatic carbocycles. The third-order valence-electron chi connectivity index (χ3n) is 4.67. The Morgan fingerprint density at radius 1 is 1.39 bits per heavy atom. The van der Waals surface area contributed by atoms with Gasteiger partial charge in [0.1, 0.15) is 0 Å². The molecule has 2 aliphatic rings. The Kier molecular flexibility index (Phi) is 3.02. The first kappa shape index (κ1) is 12.0. The van der Waals surface area contributed by atoms with Gasteiger partial charge in [-0.2, -0.15) is 0 Å². The first-order valence-corrected chi connectivity index (χ1v) is 7.12. The van der Waals surface area contributed by atoms with Crippen LogP contribution < -0.4 is 10.9 Å². The van der Waals surface area contributed by atoms with Crippen molar-refractivity contribution in [1.29, 1.82) is 0 Å². The second-order valence-corrected chi connectivity index (χ2v) is 6.25. The maximum atomic E-state index is 11.3. The number of aromatic nitrogens is 1. The molecular weight excluding hydrogens is 224 g/mol. The van der Waals surface area contributed by atoms with E-state index in [0.29, 0.717) is 11.5 Å². The summed E-state index contributed by atoms with van der Waals surface area (Å²) in [6, 6.07) is 4.10. The molecule has 2 aliphatic carbocycles. The number of nitrogens with one attached hydrogen (secondary N) is 2. The molecule has 98 valence electrons. The first-order chi connectivity index (χ1) is 8.66. The van der Waals surface area contributed by atoms with E-state index >= 15 is 0 Å². The summed E-state index contributed by atoms with van der Waals surface area (Å²) >= 11 is 0. The second-order valence-electron chi connectivity index (χ2n) is 6.25. The molecule has 0 bridgehead atoms. The van der Waals surface area contributed by atoms with E-state index in [1.807, 2.05) is 6.07 Å². The zero-order chi connectivity index (χ0) is 12.6. The lowest BCUT2D eigenvalue weighted by Gasteiger charge is -2.40. The van der Waals surface area contributed by atoms with E-state index in [0.717, 1.165) is 18.7 Å². The Bertz CT molecular complexity index is 488. The summed E-state index contributed by atoms with van der Waals surface area (Å²) in [6.07, 6.45) is 7.46. The molecule has 1 heterocycles. The van der Waals surface area contributed by atoms with Crippen LogP contribution in [0.15, 0.2) is 16.9 Å². The van der Waals surface area contributed by atoms with Crippen LogP contribution in [0.3, 0.4) is 0 Å². The Balaban J connectivity index is 1.73. The maximum Gasteiger partial charge on any atom is 0.248 e. The molecule has 0 amide bonds. The highest BCUT2D eigenvalue weighted by molar-refractivity contribution is 5.26. The van der Waals surface area contributed by atoms with Gasteiger partial charge in [-0.05, 0) is 43.1 Å². The smallest absolute Gasteiger partial charge is 0.248 e. The zero-order valence-electron chi connectivity index (χ0n) is 11.1. The molecular formula is C15H22N2O. The number of pyridine rings is 1. The summed E-state index contributed by atoms with van der Waals surface area (Å²) in [7, 11) is 0. The molecule has 3 heteroatoms. The van der Waals surface area contributed by atoms with Gasteiger partial charge in [0, 0.05) is 24.3 Å². The lowest BCUT2D eigenvalue weighted by molar-refractivity contribution is 0.148. The summed E-state index contributed by atoms with van der Waals surface area (Å²) < 4.78 is 0. The third kappa shape index (κ3) is 2.24. The van der Waals surface area contributed by atoms with E-state index in [1.165, 1.54) is 37.7 Å². The van der Waals surface area contributed by atoms with Gasteiger partial charge in [0.15, 0.2) is 0 Å². The van der Waals surface area contributed by atoms with Crippen molar-refractivity contribution in [3.05, 3.63) is 33.7 Å². The summed E-state index contributed by atoms with van der Waals surface area (Å²) in [5.41, 5.74) is 2.99. The van der Waals surface area contributed by atoms with Gasteiger partial charge in [-0.15, -0.1) is 0 Å². The fraction of sp³-hybridized carbons (Fsp3) is 0.667. The van der Waals surface area contributed by atoms with E-state index in [-0.39, 0.29) is 5.56 Å². The fourth-order valence-corrected chi connectivity index (χ4v) is 3.24. The van der Waals surface area contributed by atoms with Crippen LogP contribution in [-0.4, -0.2) is 11.5 Å². The van der Waals surface area contributed by atoms with E-state index in [9.17, 15) is 4.79 Å². The van der Waals surface area contributed by atoms with Gasteiger partial charge in [-0.1, -0.05) is 19.4 Å². The Labute approximate surface area is 108 Å².